The fraction of sp³-hybridized carbons (Fsp3) is 0.500. The number of carboxylic acids is 1. The molecule has 0 aromatic heterocycles. The van der Waals surface area contributed by atoms with Crippen LogP contribution >= 0.6 is 0 Å². The number of nitrogens with zero attached hydrogens (tertiary/aromatic N) is 1. The summed E-state index contributed by atoms with van der Waals surface area (Å²) in [4.78, 5) is 22.8. The highest BCUT2D eigenvalue weighted by atomic mass is 16.4. The third kappa shape index (κ3) is 3.18. The maximum absolute atomic E-state index is 11.2. The van der Waals surface area contributed by atoms with Gasteiger partial charge in [0.25, 0.3) is 0 Å². The van der Waals surface area contributed by atoms with Crippen molar-refractivity contribution in [3.8, 4) is 0 Å². The van der Waals surface area contributed by atoms with Gasteiger partial charge in [-0.2, -0.15) is 0 Å². The van der Waals surface area contributed by atoms with E-state index in [2.05, 4.69) is 0 Å². The highest BCUT2D eigenvalue weighted by molar-refractivity contribution is 5.98. The van der Waals surface area contributed by atoms with Gasteiger partial charge < -0.3 is 10.0 Å². The van der Waals surface area contributed by atoms with E-state index in [1.165, 1.54) is 11.8 Å². The van der Waals surface area contributed by atoms with Crippen molar-refractivity contribution in [2.24, 2.45) is 0 Å². The van der Waals surface area contributed by atoms with Crippen LogP contribution in [0.4, 0.5) is 0 Å². The van der Waals surface area contributed by atoms with Gasteiger partial charge in [-0.15, -0.1) is 0 Å². The first-order chi connectivity index (χ1) is 5.49. The second-order valence-electron chi connectivity index (χ2n) is 2.48. The van der Waals surface area contributed by atoms with Crippen LogP contribution in [0.25, 0.3) is 0 Å². The molecule has 0 radical (unpaired) electrons. The van der Waals surface area contributed by atoms with Crippen LogP contribution in [0.5, 0.6) is 0 Å². The van der Waals surface area contributed by atoms with E-state index in [-0.39, 0.29) is 11.5 Å². The molecule has 0 aliphatic carbocycles. The molecule has 1 amide bonds. The summed E-state index contributed by atoms with van der Waals surface area (Å²) < 4.78 is 0. The Morgan fingerprint density at radius 3 is 2.33 bits per heavy atom. The van der Waals surface area contributed by atoms with E-state index in [1.54, 1.807) is 7.05 Å². The molecule has 0 aliphatic heterocycles. The van der Waals surface area contributed by atoms with Crippen LogP contribution in [-0.2, 0) is 9.59 Å². The molecule has 0 unspecified atom stereocenters. The predicted molar refractivity (Wildman–Crippen MR) is 44.7 cm³/mol. The molecule has 0 saturated carbocycles. The summed E-state index contributed by atoms with van der Waals surface area (Å²) in [7, 11) is 1.63. The standard InChI is InChI=1S/C8H13NO3/c1-4-9(3)8(12)6(2)5-7(10)11/h5H,4H2,1-3H3,(H,10,11)/b6-5+. The number of aliphatic carboxylic acids is 1. The molecule has 12 heavy (non-hydrogen) atoms. The number of carbonyl (C=O) groups is 2. The van der Waals surface area contributed by atoms with Crippen molar-refractivity contribution in [3.63, 3.8) is 0 Å². The van der Waals surface area contributed by atoms with E-state index in [1.807, 2.05) is 6.92 Å². The van der Waals surface area contributed by atoms with Crippen molar-refractivity contribution in [2.75, 3.05) is 13.6 Å². The summed E-state index contributed by atoms with van der Waals surface area (Å²) in [6.45, 7) is 3.89. The Kier molecular flexibility index (Phi) is 4.04. The van der Waals surface area contributed by atoms with Gasteiger partial charge in [-0.1, -0.05) is 0 Å². The molecule has 4 nitrogen and oxygen atoms in total. The van der Waals surface area contributed by atoms with Gasteiger partial charge in [-0.25, -0.2) is 4.79 Å². The first-order valence-electron chi connectivity index (χ1n) is 3.65. The number of amides is 1. The van der Waals surface area contributed by atoms with Crippen LogP contribution < -0.4 is 0 Å². The monoisotopic (exact) mass is 171 g/mol. The lowest BCUT2D eigenvalue weighted by atomic mass is 10.2. The topological polar surface area (TPSA) is 57.6 Å². The van der Waals surface area contributed by atoms with Gasteiger partial charge in [0.05, 0.1) is 0 Å². The van der Waals surface area contributed by atoms with Gasteiger partial charge in [0, 0.05) is 25.2 Å². The van der Waals surface area contributed by atoms with Gasteiger partial charge in [0.1, 0.15) is 0 Å². The molecule has 68 valence electrons. The molecule has 0 spiro atoms. The van der Waals surface area contributed by atoms with Crippen LogP contribution in [-0.4, -0.2) is 35.5 Å². The molecule has 0 aliphatic rings. The molecule has 4 heteroatoms. The molecule has 0 saturated heterocycles. The highest BCUT2D eigenvalue weighted by Crippen LogP contribution is 1.98. The number of hydrogen-bond donors (Lipinski definition) is 1. The van der Waals surface area contributed by atoms with Crippen molar-refractivity contribution in [2.45, 2.75) is 13.8 Å². The van der Waals surface area contributed by atoms with Crippen molar-refractivity contribution >= 4 is 11.9 Å². The SMILES string of the molecule is CCN(C)C(=O)/C(C)=C/C(=O)O. The molecule has 0 fully saturated rings. The molecular weight excluding hydrogens is 158 g/mol. The van der Waals surface area contributed by atoms with Gasteiger partial charge in [0.2, 0.25) is 5.91 Å². The Bertz CT molecular complexity index is 220. The van der Waals surface area contributed by atoms with Gasteiger partial charge >= 0.3 is 5.97 Å². The third-order valence-electron chi connectivity index (χ3n) is 1.50. The van der Waals surface area contributed by atoms with Gasteiger partial charge in [-0.05, 0) is 13.8 Å². The molecule has 0 aromatic rings. The highest BCUT2D eigenvalue weighted by Gasteiger charge is 2.09. The van der Waals surface area contributed by atoms with Crippen molar-refractivity contribution in [1.29, 1.82) is 0 Å². The molecular formula is C8H13NO3. The minimum atomic E-state index is -1.09. The van der Waals surface area contributed by atoms with Gasteiger partial charge in [0.15, 0.2) is 0 Å². The minimum absolute atomic E-state index is 0.242. The summed E-state index contributed by atoms with van der Waals surface area (Å²) >= 11 is 0. The number of carboxylic acid groups (broad SMARTS) is 1. The Morgan fingerprint density at radius 2 is 2.00 bits per heavy atom. The van der Waals surface area contributed by atoms with Crippen molar-refractivity contribution < 1.29 is 14.7 Å². The smallest absolute Gasteiger partial charge is 0.328 e. The summed E-state index contributed by atoms with van der Waals surface area (Å²) in [6, 6.07) is 0. The quantitative estimate of drug-likeness (QED) is 0.629. The molecule has 0 bridgehead atoms. The van der Waals surface area contributed by atoms with E-state index in [4.69, 9.17) is 5.11 Å². The lowest BCUT2D eigenvalue weighted by Crippen LogP contribution is -2.27. The fourth-order valence-corrected chi connectivity index (χ4v) is 0.692. The average Bonchev–Trinajstić information content (AvgIpc) is 2.00. The summed E-state index contributed by atoms with van der Waals surface area (Å²) in [5.41, 5.74) is 0.242. The van der Waals surface area contributed by atoms with E-state index in [0.717, 1.165) is 6.08 Å². The van der Waals surface area contributed by atoms with E-state index in [0.29, 0.717) is 6.54 Å². The lowest BCUT2D eigenvalue weighted by molar-refractivity contribution is -0.132. The van der Waals surface area contributed by atoms with Gasteiger partial charge in [-0.3, -0.25) is 4.79 Å². The maximum Gasteiger partial charge on any atom is 0.328 e. The molecule has 1 N–H and O–H groups in total. The maximum atomic E-state index is 11.2. The van der Waals surface area contributed by atoms with Crippen LogP contribution in [0.1, 0.15) is 13.8 Å². The normalized spacial score (nSPS) is 11.1. The summed E-state index contributed by atoms with van der Waals surface area (Å²) in [6.07, 6.45) is 0.911. The summed E-state index contributed by atoms with van der Waals surface area (Å²) in [5, 5.41) is 8.34. The van der Waals surface area contributed by atoms with Crippen LogP contribution in [0.3, 0.4) is 0 Å². The van der Waals surface area contributed by atoms with Crippen LogP contribution in [0.15, 0.2) is 11.6 Å². The van der Waals surface area contributed by atoms with E-state index >= 15 is 0 Å². The van der Waals surface area contributed by atoms with E-state index in [9.17, 15) is 9.59 Å². The number of carbonyl (C=O) groups excluding carboxylic acids is 1. The average molecular weight is 171 g/mol. The van der Waals surface area contributed by atoms with Crippen molar-refractivity contribution in [3.05, 3.63) is 11.6 Å². The first kappa shape index (κ1) is 10.7. The molecule has 0 rings (SSSR count). The van der Waals surface area contributed by atoms with Crippen molar-refractivity contribution in [1.82, 2.24) is 4.90 Å². The largest absolute Gasteiger partial charge is 0.478 e. The Hall–Kier alpha value is -1.32. The molecule has 0 aromatic carbocycles. The second kappa shape index (κ2) is 4.54. The fourth-order valence-electron chi connectivity index (χ4n) is 0.692. The summed E-state index contributed by atoms with van der Waals surface area (Å²) in [5.74, 6) is -1.34. The Morgan fingerprint density at radius 1 is 1.50 bits per heavy atom. The number of hydrogen-bond acceptors (Lipinski definition) is 2. The third-order valence-corrected chi connectivity index (χ3v) is 1.50. The zero-order chi connectivity index (χ0) is 9.72. The minimum Gasteiger partial charge on any atom is -0.478 e. The zero-order valence-electron chi connectivity index (χ0n) is 7.50. The van der Waals surface area contributed by atoms with E-state index < -0.39 is 5.97 Å². The lowest BCUT2D eigenvalue weighted by Gasteiger charge is -2.13. The zero-order valence-corrected chi connectivity index (χ0v) is 7.50. The Balaban J connectivity index is 4.39. The second-order valence-corrected chi connectivity index (χ2v) is 2.48. The predicted octanol–water partition coefficient (Wildman–Crippen LogP) is 0.496. The first-order valence-corrected chi connectivity index (χ1v) is 3.65. The molecule has 0 atom stereocenters. The molecule has 0 heterocycles. The van der Waals surface area contributed by atoms with Crippen LogP contribution in [0.2, 0.25) is 0 Å². The number of rotatable bonds is 3. The Labute approximate surface area is 71.5 Å². The number of likely N-dealkylation sites (N-methyl/N-ethyl adjacent to an activating group) is 1. The van der Waals surface area contributed by atoms with Crippen LogP contribution in [0, 0.1) is 0 Å².